The van der Waals surface area contributed by atoms with E-state index in [1.165, 1.54) is 11.1 Å². The quantitative estimate of drug-likeness (QED) is 0.756. The number of fused-ring (bicyclic) bond motifs is 1. The van der Waals surface area contributed by atoms with Crippen LogP contribution in [0.2, 0.25) is 0 Å². The molecule has 5 rings (SSSR count). The van der Waals surface area contributed by atoms with E-state index in [9.17, 15) is 4.79 Å². The van der Waals surface area contributed by atoms with E-state index in [1.807, 2.05) is 6.20 Å². The summed E-state index contributed by atoms with van der Waals surface area (Å²) in [7, 11) is 0. The predicted molar refractivity (Wildman–Crippen MR) is 116 cm³/mol. The third kappa shape index (κ3) is 2.97. The summed E-state index contributed by atoms with van der Waals surface area (Å²) < 4.78 is 5.58. The first-order valence-corrected chi connectivity index (χ1v) is 11.3. The molecular formula is C25H31N3O2. The van der Waals surface area contributed by atoms with Gasteiger partial charge in [-0.25, -0.2) is 0 Å². The van der Waals surface area contributed by atoms with E-state index >= 15 is 0 Å². The molecule has 158 valence electrons. The molecule has 5 heteroatoms. The number of allylic oxidation sites excluding steroid dienone is 2. The molecule has 1 N–H and O–H groups in total. The third-order valence-electron chi connectivity index (χ3n) is 7.38. The Hall–Kier alpha value is -2.27. The standard InChI is InChI=1S/C25H31N3O2/c1-4-25(18-7-5-6-17(12-18)16-8-10-30-11-9-16)19-15-26-28-23(19)27-20-13-24(2,3)14-21(29)22(20)25/h5-7,12,15-16,23,27H,4,8-11,13-14H2,1-3H3/t23?,25-/m1/s1. The van der Waals surface area contributed by atoms with Gasteiger partial charge >= 0.3 is 0 Å². The van der Waals surface area contributed by atoms with Crippen LogP contribution in [0, 0.1) is 5.41 Å². The van der Waals surface area contributed by atoms with Crippen molar-refractivity contribution >= 4 is 5.78 Å². The highest BCUT2D eigenvalue weighted by molar-refractivity contribution is 6.01. The molecule has 0 amide bonds. The van der Waals surface area contributed by atoms with Gasteiger partial charge in [-0.2, -0.15) is 10.2 Å². The minimum atomic E-state index is -0.455. The molecular weight excluding hydrogens is 374 g/mol. The second kappa shape index (κ2) is 7.16. The lowest BCUT2D eigenvalue weighted by atomic mass is 9.58. The minimum Gasteiger partial charge on any atom is -0.381 e. The molecule has 1 aromatic carbocycles. The van der Waals surface area contributed by atoms with Gasteiger partial charge in [0.2, 0.25) is 0 Å². The Balaban J connectivity index is 1.68. The summed E-state index contributed by atoms with van der Waals surface area (Å²) in [5, 5.41) is 12.3. The molecule has 1 aromatic rings. The van der Waals surface area contributed by atoms with Crippen molar-refractivity contribution in [1.29, 1.82) is 0 Å². The van der Waals surface area contributed by atoms with Gasteiger partial charge in [0.1, 0.15) is 0 Å². The number of ketones is 1. The average Bonchev–Trinajstić information content (AvgIpc) is 3.21. The Morgan fingerprint density at radius 2 is 2.00 bits per heavy atom. The van der Waals surface area contributed by atoms with Crippen molar-refractivity contribution in [2.75, 3.05) is 13.2 Å². The van der Waals surface area contributed by atoms with E-state index in [-0.39, 0.29) is 17.4 Å². The van der Waals surface area contributed by atoms with Crippen LogP contribution in [0.25, 0.3) is 0 Å². The maximum absolute atomic E-state index is 13.6. The number of ether oxygens (including phenoxy) is 1. The Bertz CT molecular complexity index is 968. The van der Waals surface area contributed by atoms with Crippen molar-refractivity contribution in [1.82, 2.24) is 5.32 Å². The third-order valence-corrected chi connectivity index (χ3v) is 7.38. The van der Waals surface area contributed by atoms with Gasteiger partial charge in [0, 0.05) is 36.5 Å². The van der Waals surface area contributed by atoms with Gasteiger partial charge in [0.25, 0.3) is 0 Å². The van der Waals surface area contributed by atoms with Crippen LogP contribution in [0.5, 0.6) is 0 Å². The second-order valence-electron chi connectivity index (χ2n) is 9.93. The van der Waals surface area contributed by atoms with Crippen molar-refractivity contribution in [2.45, 2.75) is 70.4 Å². The Kier molecular flexibility index (Phi) is 4.69. The molecule has 3 aliphatic heterocycles. The minimum absolute atomic E-state index is 0.0384. The Morgan fingerprint density at radius 3 is 2.77 bits per heavy atom. The molecule has 0 spiro atoms. The summed E-state index contributed by atoms with van der Waals surface area (Å²) in [6.45, 7) is 8.20. The average molecular weight is 406 g/mol. The number of benzene rings is 1. The van der Waals surface area contributed by atoms with Gasteiger partial charge in [-0.15, -0.1) is 0 Å². The fourth-order valence-electron chi connectivity index (χ4n) is 5.98. The largest absolute Gasteiger partial charge is 0.381 e. The van der Waals surface area contributed by atoms with E-state index in [0.29, 0.717) is 12.3 Å². The van der Waals surface area contributed by atoms with Crippen LogP contribution < -0.4 is 5.32 Å². The molecule has 0 saturated carbocycles. The number of Topliss-reactive ketones (excluding diaryl/α,β-unsaturated/α-hetero) is 1. The zero-order valence-electron chi connectivity index (χ0n) is 18.2. The summed E-state index contributed by atoms with van der Waals surface area (Å²) in [6.07, 6.45) is 6.11. The fraction of sp³-hybridized carbons (Fsp3) is 0.560. The summed E-state index contributed by atoms with van der Waals surface area (Å²) in [4.78, 5) is 13.6. The molecule has 5 nitrogen and oxygen atoms in total. The second-order valence-corrected chi connectivity index (χ2v) is 9.93. The first kappa shape index (κ1) is 19.7. The number of hydrogen-bond donors (Lipinski definition) is 1. The van der Waals surface area contributed by atoms with Gasteiger partial charge in [-0.1, -0.05) is 45.0 Å². The molecule has 1 aliphatic carbocycles. The van der Waals surface area contributed by atoms with Crippen LogP contribution in [0.15, 0.2) is 57.5 Å². The number of hydrogen-bond acceptors (Lipinski definition) is 5. The highest BCUT2D eigenvalue weighted by Crippen LogP contribution is 2.54. The van der Waals surface area contributed by atoms with E-state index in [2.05, 4.69) is 60.6 Å². The molecule has 1 unspecified atom stereocenters. The highest BCUT2D eigenvalue weighted by Gasteiger charge is 2.53. The molecule has 30 heavy (non-hydrogen) atoms. The molecule has 0 radical (unpaired) electrons. The van der Waals surface area contributed by atoms with Crippen molar-refractivity contribution in [3.8, 4) is 0 Å². The molecule has 4 aliphatic rings. The summed E-state index contributed by atoms with van der Waals surface area (Å²) in [6, 6.07) is 8.94. The van der Waals surface area contributed by atoms with Crippen LogP contribution in [-0.4, -0.2) is 25.2 Å². The number of carbonyl (C=O) groups excluding carboxylic acids is 1. The molecule has 3 heterocycles. The van der Waals surface area contributed by atoms with Crippen molar-refractivity contribution in [3.05, 3.63) is 58.4 Å². The summed E-state index contributed by atoms with van der Waals surface area (Å²) in [5.74, 6) is 0.782. The Labute approximate surface area is 178 Å². The summed E-state index contributed by atoms with van der Waals surface area (Å²) in [5.41, 5.74) is 5.20. The fourth-order valence-corrected chi connectivity index (χ4v) is 5.98. The van der Waals surface area contributed by atoms with E-state index < -0.39 is 5.41 Å². The molecule has 1 saturated heterocycles. The first-order valence-electron chi connectivity index (χ1n) is 11.3. The monoisotopic (exact) mass is 405 g/mol. The van der Waals surface area contributed by atoms with Gasteiger partial charge in [0.15, 0.2) is 11.9 Å². The molecule has 0 bridgehead atoms. The van der Waals surface area contributed by atoms with Gasteiger partial charge < -0.3 is 10.1 Å². The molecule has 0 aromatic heterocycles. The van der Waals surface area contributed by atoms with Gasteiger partial charge in [-0.05, 0) is 48.1 Å². The van der Waals surface area contributed by atoms with Crippen LogP contribution in [0.3, 0.4) is 0 Å². The SMILES string of the molecule is CC[C@@]1(c2cccc(C3CCOCC3)c2)C2=CN=NC2NC2=C1C(=O)CC(C)(C)C2. The number of nitrogens with one attached hydrogen (secondary N) is 1. The lowest BCUT2D eigenvalue weighted by molar-refractivity contribution is -0.119. The zero-order chi connectivity index (χ0) is 20.9. The Morgan fingerprint density at radius 1 is 1.20 bits per heavy atom. The molecule has 1 fully saturated rings. The highest BCUT2D eigenvalue weighted by atomic mass is 16.5. The topological polar surface area (TPSA) is 63.1 Å². The number of nitrogens with zero attached hydrogens (tertiary/aromatic N) is 2. The molecule has 2 atom stereocenters. The number of azo groups is 1. The smallest absolute Gasteiger partial charge is 0.164 e. The van der Waals surface area contributed by atoms with E-state index in [0.717, 1.165) is 55.7 Å². The lowest BCUT2D eigenvalue weighted by Crippen LogP contribution is -2.51. The van der Waals surface area contributed by atoms with Crippen LogP contribution in [0.4, 0.5) is 0 Å². The maximum Gasteiger partial charge on any atom is 0.164 e. The predicted octanol–water partition coefficient (Wildman–Crippen LogP) is 5.15. The maximum atomic E-state index is 13.6. The zero-order valence-corrected chi connectivity index (χ0v) is 18.2. The normalized spacial score (nSPS) is 30.6. The van der Waals surface area contributed by atoms with Crippen molar-refractivity contribution in [2.24, 2.45) is 15.6 Å². The van der Waals surface area contributed by atoms with E-state index in [1.54, 1.807) is 0 Å². The lowest BCUT2D eigenvalue weighted by Gasteiger charge is -2.48. The van der Waals surface area contributed by atoms with Gasteiger partial charge in [-0.3, -0.25) is 4.79 Å². The van der Waals surface area contributed by atoms with E-state index in [4.69, 9.17) is 4.74 Å². The number of rotatable bonds is 3. The van der Waals surface area contributed by atoms with Gasteiger partial charge in [0.05, 0.1) is 11.6 Å². The van der Waals surface area contributed by atoms with Crippen LogP contribution >= 0.6 is 0 Å². The van der Waals surface area contributed by atoms with Crippen molar-refractivity contribution in [3.63, 3.8) is 0 Å². The first-order chi connectivity index (χ1) is 14.4. The van der Waals surface area contributed by atoms with Crippen LogP contribution in [-0.2, 0) is 14.9 Å². The summed E-state index contributed by atoms with van der Waals surface area (Å²) >= 11 is 0. The van der Waals surface area contributed by atoms with Crippen LogP contribution in [0.1, 0.15) is 69.9 Å². The van der Waals surface area contributed by atoms with Crippen molar-refractivity contribution < 1.29 is 9.53 Å². The number of carbonyl (C=O) groups is 1.